The highest BCUT2D eigenvalue weighted by molar-refractivity contribution is 5.94. The lowest BCUT2D eigenvalue weighted by atomic mass is 9.98. The molecule has 2 heterocycles. The first-order valence-corrected chi connectivity index (χ1v) is 13.8. The molecule has 2 saturated heterocycles. The summed E-state index contributed by atoms with van der Waals surface area (Å²) in [5.74, 6) is -0.929. The molecule has 208 valence electrons. The Morgan fingerprint density at radius 3 is 2.13 bits per heavy atom. The number of hydrogen-bond donors (Lipinski definition) is 3. The molecular formula is C30H39N5O4. The molecule has 0 aliphatic carbocycles. The molecule has 39 heavy (non-hydrogen) atoms. The number of rotatable bonds is 8. The molecule has 4 atom stereocenters. The first kappa shape index (κ1) is 28.3. The van der Waals surface area contributed by atoms with Crippen molar-refractivity contribution in [2.24, 2.45) is 0 Å². The second kappa shape index (κ2) is 12.9. The van der Waals surface area contributed by atoms with Crippen molar-refractivity contribution in [1.82, 2.24) is 25.8 Å². The monoisotopic (exact) mass is 533 g/mol. The van der Waals surface area contributed by atoms with Gasteiger partial charge in [-0.15, -0.1) is 0 Å². The van der Waals surface area contributed by atoms with Crippen molar-refractivity contribution in [3.8, 4) is 0 Å². The van der Waals surface area contributed by atoms with E-state index in [2.05, 4.69) is 16.0 Å². The van der Waals surface area contributed by atoms with Gasteiger partial charge in [0.25, 0.3) is 0 Å². The highest BCUT2D eigenvalue weighted by Gasteiger charge is 2.45. The van der Waals surface area contributed by atoms with Gasteiger partial charge in [-0.05, 0) is 44.4 Å². The SMILES string of the molecule is CCC(=O)N1CC[C@H]2CC[C@@H](C(=O)NC(c3ccccc3)c3ccccc3)N2C(=O)[C@@H](NC(=O)[C@H](C)NC)C1. The number of likely N-dealkylation sites (N-methyl/N-ethyl adjacent to an activating group) is 1. The predicted octanol–water partition coefficient (Wildman–Crippen LogP) is 1.99. The summed E-state index contributed by atoms with van der Waals surface area (Å²) in [5.41, 5.74) is 1.90. The average molecular weight is 534 g/mol. The highest BCUT2D eigenvalue weighted by atomic mass is 16.2. The summed E-state index contributed by atoms with van der Waals surface area (Å²) in [6, 6.07) is 16.9. The van der Waals surface area contributed by atoms with Gasteiger partial charge in [0.2, 0.25) is 23.6 Å². The molecular weight excluding hydrogens is 494 g/mol. The summed E-state index contributed by atoms with van der Waals surface area (Å²) in [5, 5.41) is 8.93. The number of hydrogen-bond acceptors (Lipinski definition) is 5. The van der Waals surface area contributed by atoms with E-state index in [1.165, 1.54) is 0 Å². The van der Waals surface area contributed by atoms with Gasteiger partial charge in [-0.3, -0.25) is 19.2 Å². The Balaban J connectivity index is 1.60. The van der Waals surface area contributed by atoms with Gasteiger partial charge in [-0.1, -0.05) is 67.6 Å². The van der Waals surface area contributed by atoms with E-state index in [4.69, 9.17) is 0 Å². The lowest BCUT2D eigenvalue weighted by Gasteiger charge is -2.39. The lowest BCUT2D eigenvalue weighted by molar-refractivity contribution is -0.147. The van der Waals surface area contributed by atoms with E-state index >= 15 is 0 Å². The van der Waals surface area contributed by atoms with Crippen LogP contribution in [0.3, 0.4) is 0 Å². The predicted molar refractivity (Wildman–Crippen MR) is 148 cm³/mol. The Bertz CT molecular complexity index is 1120. The maximum atomic E-state index is 14.0. The molecule has 0 unspecified atom stereocenters. The molecule has 2 aliphatic rings. The van der Waals surface area contributed by atoms with Crippen molar-refractivity contribution in [3.63, 3.8) is 0 Å². The van der Waals surface area contributed by atoms with Crippen LogP contribution >= 0.6 is 0 Å². The van der Waals surface area contributed by atoms with Crippen LogP contribution in [0.25, 0.3) is 0 Å². The van der Waals surface area contributed by atoms with Crippen molar-refractivity contribution in [3.05, 3.63) is 71.8 Å². The van der Waals surface area contributed by atoms with Crippen molar-refractivity contribution >= 4 is 23.6 Å². The molecule has 4 amide bonds. The van der Waals surface area contributed by atoms with Gasteiger partial charge in [0.1, 0.15) is 12.1 Å². The Morgan fingerprint density at radius 2 is 1.56 bits per heavy atom. The largest absolute Gasteiger partial charge is 0.343 e. The molecule has 4 rings (SSSR count). The van der Waals surface area contributed by atoms with Crippen molar-refractivity contribution in [1.29, 1.82) is 0 Å². The number of carbonyl (C=O) groups excluding carboxylic acids is 4. The van der Waals surface area contributed by atoms with E-state index in [9.17, 15) is 19.2 Å². The maximum absolute atomic E-state index is 14.0. The van der Waals surface area contributed by atoms with Crippen molar-refractivity contribution < 1.29 is 19.2 Å². The van der Waals surface area contributed by atoms with Gasteiger partial charge in [-0.25, -0.2) is 0 Å². The van der Waals surface area contributed by atoms with Gasteiger partial charge in [0.05, 0.1) is 12.1 Å². The van der Waals surface area contributed by atoms with E-state index in [-0.39, 0.29) is 42.3 Å². The molecule has 2 aromatic rings. The highest BCUT2D eigenvalue weighted by Crippen LogP contribution is 2.31. The molecule has 9 heteroatoms. The second-order valence-corrected chi connectivity index (χ2v) is 10.3. The van der Waals surface area contributed by atoms with Crippen LogP contribution in [0.4, 0.5) is 0 Å². The fourth-order valence-electron chi connectivity index (χ4n) is 5.51. The van der Waals surface area contributed by atoms with Gasteiger partial charge >= 0.3 is 0 Å². The van der Waals surface area contributed by atoms with Gasteiger partial charge < -0.3 is 25.8 Å². The van der Waals surface area contributed by atoms with E-state index in [1.54, 1.807) is 30.7 Å². The number of nitrogens with zero attached hydrogens (tertiary/aromatic N) is 2. The van der Waals surface area contributed by atoms with Gasteiger partial charge in [0, 0.05) is 25.6 Å². The molecule has 0 aromatic heterocycles. The summed E-state index contributed by atoms with van der Waals surface area (Å²) in [7, 11) is 1.67. The molecule has 2 fully saturated rings. The smallest absolute Gasteiger partial charge is 0.247 e. The Labute approximate surface area is 230 Å². The van der Waals surface area contributed by atoms with Crippen LogP contribution in [0.5, 0.6) is 0 Å². The zero-order valence-electron chi connectivity index (χ0n) is 22.9. The Kier molecular flexibility index (Phi) is 9.35. The van der Waals surface area contributed by atoms with Crippen LogP contribution in [0.15, 0.2) is 60.7 Å². The van der Waals surface area contributed by atoms with Crippen LogP contribution in [-0.2, 0) is 19.2 Å². The van der Waals surface area contributed by atoms with Crippen molar-refractivity contribution in [2.45, 2.75) is 69.7 Å². The second-order valence-electron chi connectivity index (χ2n) is 10.3. The topological polar surface area (TPSA) is 111 Å². The maximum Gasteiger partial charge on any atom is 0.247 e. The van der Waals surface area contributed by atoms with Crippen LogP contribution in [0.2, 0.25) is 0 Å². The van der Waals surface area contributed by atoms with E-state index < -0.39 is 18.1 Å². The Hall–Kier alpha value is -3.72. The fourth-order valence-corrected chi connectivity index (χ4v) is 5.51. The summed E-state index contributed by atoms with van der Waals surface area (Å²) < 4.78 is 0. The molecule has 2 aromatic carbocycles. The molecule has 0 bridgehead atoms. The minimum atomic E-state index is -0.931. The third kappa shape index (κ3) is 6.47. The summed E-state index contributed by atoms with van der Waals surface area (Å²) in [6.45, 7) is 4.06. The average Bonchev–Trinajstić information content (AvgIpc) is 3.39. The number of benzene rings is 2. The van der Waals surface area contributed by atoms with E-state index in [1.807, 2.05) is 60.7 Å². The summed E-state index contributed by atoms with van der Waals surface area (Å²) in [4.78, 5) is 56.6. The number of fused-ring (bicyclic) bond motifs is 1. The van der Waals surface area contributed by atoms with Crippen LogP contribution < -0.4 is 16.0 Å². The molecule has 2 aliphatic heterocycles. The number of amides is 4. The first-order chi connectivity index (χ1) is 18.8. The lowest BCUT2D eigenvalue weighted by Crippen LogP contribution is -2.62. The standard InChI is InChI=1S/C30H39N5O4/c1-4-26(36)34-18-17-23-15-16-25(35(23)30(39)24(19-34)32-28(37)20(2)31-3)29(38)33-27(21-11-7-5-8-12-21)22-13-9-6-10-14-22/h5-14,20,23-25,27,31H,4,15-19H2,1-3H3,(H,32,37)(H,33,38)/t20-,23+,24-,25-/m0/s1. The minimum Gasteiger partial charge on any atom is -0.343 e. The third-order valence-corrected chi connectivity index (χ3v) is 7.84. The van der Waals surface area contributed by atoms with Crippen molar-refractivity contribution in [2.75, 3.05) is 20.1 Å². The van der Waals surface area contributed by atoms with Crippen LogP contribution in [0.1, 0.15) is 56.7 Å². The molecule has 0 spiro atoms. The van der Waals surface area contributed by atoms with Gasteiger partial charge in [-0.2, -0.15) is 0 Å². The zero-order chi connectivity index (χ0) is 27.9. The van der Waals surface area contributed by atoms with E-state index in [0.29, 0.717) is 32.2 Å². The van der Waals surface area contributed by atoms with Gasteiger partial charge in [0.15, 0.2) is 0 Å². The van der Waals surface area contributed by atoms with Crippen LogP contribution in [0, 0.1) is 0 Å². The van der Waals surface area contributed by atoms with Crippen LogP contribution in [-0.4, -0.2) is 77.7 Å². The molecule has 9 nitrogen and oxygen atoms in total. The summed E-state index contributed by atoms with van der Waals surface area (Å²) in [6.07, 6.45) is 2.10. The number of carbonyl (C=O) groups is 4. The molecule has 0 saturated carbocycles. The quantitative estimate of drug-likeness (QED) is 0.481. The summed E-state index contributed by atoms with van der Waals surface area (Å²) >= 11 is 0. The zero-order valence-corrected chi connectivity index (χ0v) is 22.9. The molecule has 3 N–H and O–H groups in total. The van der Waals surface area contributed by atoms with E-state index in [0.717, 1.165) is 11.1 Å². The normalized spacial score (nSPS) is 22.1. The fraction of sp³-hybridized carbons (Fsp3) is 0.467. The third-order valence-electron chi connectivity index (χ3n) is 7.84. The number of nitrogens with one attached hydrogen (secondary N) is 3. The Morgan fingerprint density at radius 1 is 0.949 bits per heavy atom. The first-order valence-electron chi connectivity index (χ1n) is 13.8. The molecule has 0 radical (unpaired) electrons. The minimum absolute atomic E-state index is 0.0574.